The lowest BCUT2D eigenvalue weighted by Gasteiger charge is -2.08. The van der Waals surface area contributed by atoms with E-state index in [1.165, 1.54) is 0 Å². The summed E-state index contributed by atoms with van der Waals surface area (Å²) in [6.07, 6.45) is 0. The fraction of sp³-hybridized carbons (Fsp3) is 0.125. The molecule has 0 saturated carbocycles. The molecule has 0 radical (unpaired) electrons. The van der Waals surface area contributed by atoms with Crippen LogP contribution in [0.4, 0.5) is 0 Å². The van der Waals surface area contributed by atoms with E-state index in [9.17, 15) is 9.59 Å². The largest absolute Gasteiger partial charge is 0.462 e. The van der Waals surface area contributed by atoms with Crippen LogP contribution in [-0.4, -0.2) is 18.4 Å². The Labute approximate surface area is 131 Å². The molecule has 2 aromatic rings. The van der Waals surface area contributed by atoms with Crippen molar-refractivity contribution in [2.24, 2.45) is 0 Å². The first-order chi connectivity index (χ1) is 9.63. The maximum absolute atomic E-state index is 12.5. The Kier molecular flexibility index (Phi) is 4.89. The van der Waals surface area contributed by atoms with E-state index >= 15 is 0 Å². The first-order valence-corrected chi connectivity index (χ1v) is 7.27. The molecule has 0 bridgehead atoms. The Hall–Kier alpha value is -1.69. The Morgan fingerprint density at radius 3 is 2.40 bits per heavy atom. The molecule has 3 nitrogen and oxygen atoms in total. The van der Waals surface area contributed by atoms with Crippen LogP contribution >= 0.6 is 22.6 Å². The van der Waals surface area contributed by atoms with Crippen molar-refractivity contribution in [3.05, 3.63) is 68.8 Å². The van der Waals surface area contributed by atoms with Crippen molar-refractivity contribution in [2.75, 3.05) is 6.61 Å². The molecule has 0 atom stereocenters. The maximum atomic E-state index is 12.5. The fourth-order valence-electron chi connectivity index (χ4n) is 1.85. The summed E-state index contributed by atoms with van der Waals surface area (Å²) in [5.74, 6) is -0.644. The highest BCUT2D eigenvalue weighted by molar-refractivity contribution is 14.1. The summed E-state index contributed by atoms with van der Waals surface area (Å²) in [7, 11) is 0. The average molecular weight is 380 g/mol. The normalized spacial score (nSPS) is 10.1. The Morgan fingerprint density at radius 2 is 1.75 bits per heavy atom. The van der Waals surface area contributed by atoms with Crippen molar-refractivity contribution < 1.29 is 14.3 Å². The molecule has 0 amide bonds. The third-order valence-corrected chi connectivity index (χ3v) is 3.42. The van der Waals surface area contributed by atoms with Gasteiger partial charge in [0.15, 0.2) is 5.78 Å². The van der Waals surface area contributed by atoms with E-state index in [1.807, 2.05) is 12.1 Å². The van der Waals surface area contributed by atoms with Crippen molar-refractivity contribution >= 4 is 34.3 Å². The van der Waals surface area contributed by atoms with Crippen LogP contribution in [0, 0.1) is 3.57 Å². The van der Waals surface area contributed by atoms with Crippen LogP contribution in [0.5, 0.6) is 0 Å². The lowest BCUT2D eigenvalue weighted by Crippen LogP contribution is -2.12. The molecule has 0 aromatic heterocycles. The molecule has 0 aliphatic carbocycles. The van der Waals surface area contributed by atoms with E-state index in [0.717, 1.165) is 3.57 Å². The van der Waals surface area contributed by atoms with Crippen molar-refractivity contribution in [1.29, 1.82) is 0 Å². The zero-order valence-corrected chi connectivity index (χ0v) is 13.1. The zero-order valence-electron chi connectivity index (χ0n) is 10.9. The predicted molar refractivity (Wildman–Crippen MR) is 85.0 cm³/mol. The van der Waals surface area contributed by atoms with Gasteiger partial charge in [0.1, 0.15) is 0 Å². The van der Waals surface area contributed by atoms with E-state index in [4.69, 9.17) is 4.74 Å². The van der Waals surface area contributed by atoms with Crippen molar-refractivity contribution in [3.63, 3.8) is 0 Å². The molecule has 4 heteroatoms. The summed E-state index contributed by atoms with van der Waals surface area (Å²) in [6, 6.07) is 14.0. The van der Waals surface area contributed by atoms with Crippen LogP contribution in [0.1, 0.15) is 33.2 Å². The lowest BCUT2D eigenvalue weighted by atomic mass is 9.98. The molecule has 0 aliphatic rings. The number of hydrogen-bond donors (Lipinski definition) is 0. The van der Waals surface area contributed by atoms with Gasteiger partial charge in [0, 0.05) is 14.7 Å². The molecule has 0 unspecified atom stereocenters. The van der Waals surface area contributed by atoms with E-state index in [1.54, 1.807) is 43.3 Å². The topological polar surface area (TPSA) is 43.4 Å². The molecule has 0 aliphatic heterocycles. The quantitative estimate of drug-likeness (QED) is 0.462. The highest BCUT2D eigenvalue weighted by atomic mass is 127. The highest BCUT2D eigenvalue weighted by Gasteiger charge is 2.18. The van der Waals surface area contributed by atoms with E-state index in [2.05, 4.69) is 22.6 Å². The number of hydrogen-bond acceptors (Lipinski definition) is 3. The summed E-state index contributed by atoms with van der Waals surface area (Å²) in [6.45, 7) is 2.02. The Balaban J connectivity index is 2.42. The molecule has 0 heterocycles. The van der Waals surface area contributed by atoms with Gasteiger partial charge >= 0.3 is 5.97 Å². The Bertz CT molecular complexity index is 650. The highest BCUT2D eigenvalue weighted by Crippen LogP contribution is 2.17. The lowest BCUT2D eigenvalue weighted by molar-refractivity contribution is 0.0523. The second-order valence-electron chi connectivity index (χ2n) is 4.11. The summed E-state index contributed by atoms with van der Waals surface area (Å²) >= 11 is 2.15. The van der Waals surface area contributed by atoms with Gasteiger partial charge in [0.2, 0.25) is 0 Å². The molecule has 0 N–H and O–H groups in total. The van der Waals surface area contributed by atoms with Crippen molar-refractivity contribution in [2.45, 2.75) is 6.92 Å². The van der Waals surface area contributed by atoms with Crippen LogP contribution in [0.15, 0.2) is 48.5 Å². The average Bonchev–Trinajstić information content (AvgIpc) is 2.47. The third kappa shape index (κ3) is 3.25. The van der Waals surface area contributed by atoms with Crippen LogP contribution in [0.3, 0.4) is 0 Å². The maximum Gasteiger partial charge on any atom is 0.338 e. The van der Waals surface area contributed by atoms with Gasteiger partial charge in [0.05, 0.1) is 12.2 Å². The molecule has 102 valence electrons. The van der Waals surface area contributed by atoms with Gasteiger partial charge in [-0.1, -0.05) is 30.3 Å². The van der Waals surface area contributed by atoms with Crippen molar-refractivity contribution in [1.82, 2.24) is 0 Å². The molecular weight excluding hydrogens is 367 g/mol. The summed E-state index contributed by atoms with van der Waals surface area (Å²) in [4.78, 5) is 24.4. The minimum atomic E-state index is -0.470. The first-order valence-electron chi connectivity index (χ1n) is 6.20. The molecule has 20 heavy (non-hydrogen) atoms. The van der Waals surface area contributed by atoms with Crippen LogP contribution in [0.2, 0.25) is 0 Å². The van der Waals surface area contributed by atoms with Gasteiger partial charge in [0.25, 0.3) is 0 Å². The molecule has 0 saturated heterocycles. The fourth-order valence-corrected chi connectivity index (χ4v) is 2.40. The monoisotopic (exact) mass is 380 g/mol. The number of benzene rings is 2. The van der Waals surface area contributed by atoms with Gasteiger partial charge in [-0.25, -0.2) is 4.79 Å². The first kappa shape index (κ1) is 14.7. The van der Waals surface area contributed by atoms with Gasteiger partial charge < -0.3 is 4.74 Å². The summed E-state index contributed by atoms with van der Waals surface area (Å²) in [5, 5.41) is 0. The second-order valence-corrected chi connectivity index (χ2v) is 5.35. The predicted octanol–water partition coefficient (Wildman–Crippen LogP) is 3.70. The van der Waals surface area contributed by atoms with Crippen molar-refractivity contribution in [3.8, 4) is 0 Å². The minimum Gasteiger partial charge on any atom is -0.462 e. The van der Waals surface area contributed by atoms with E-state index in [0.29, 0.717) is 16.7 Å². The molecule has 2 aromatic carbocycles. The number of esters is 1. The number of halogens is 1. The molecule has 2 rings (SSSR count). The number of carbonyl (C=O) groups is 2. The number of ketones is 1. The molecule has 0 spiro atoms. The molecule has 0 fully saturated rings. The van der Waals surface area contributed by atoms with Gasteiger partial charge in [-0.2, -0.15) is 0 Å². The summed E-state index contributed by atoms with van der Waals surface area (Å²) < 4.78 is 5.96. The summed E-state index contributed by atoms with van der Waals surface area (Å²) in [5.41, 5.74) is 1.24. The van der Waals surface area contributed by atoms with Crippen LogP contribution in [0.25, 0.3) is 0 Å². The van der Waals surface area contributed by atoms with Gasteiger partial charge in [-0.15, -0.1) is 0 Å². The van der Waals surface area contributed by atoms with Gasteiger partial charge in [-0.3, -0.25) is 4.79 Å². The number of rotatable bonds is 4. The molecular formula is C16H13IO3. The standard InChI is InChI=1S/C16H13IO3/c1-2-20-16(19)14-9-4-3-8-13(14)15(18)11-6-5-7-12(17)10-11/h3-10H,2H2,1H3. The number of carbonyl (C=O) groups excluding carboxylic acids is 2. The number of ether oxygens (including phenoxy) is 1. The SMILES string of the molecule is CCOC(=O)c1ccccc1C(=O)c1cccc(I)c1. The second kappa shape index (κ2) is 6.65. The Morgan fingerprint density at radius 1 is 1.05 bits per heavy atom. The van der Waals surface area contributed by atoms with E-state index in [-0.39, 0.29) is 12.4 Å². The zero-order chi connectivity index (χ0) is 14.5. The smallest absolute Gasteiger partial charge is 0.338 e. The van der Waals surface area contributed by atoms with Crippen LogP contribution < -0.4 is 0 Å². The van der Waals surface area contributed by atoms with E-state index < -0.39 is 5.97 Å². The van der Waals surface area contributed by atoms with Gasteiger partial charge in [-0.05, 0) is 47.7 Å². The third-order valence-electron chi connectivity index (χ3n) is 2.75. The minimum absolute atomic E-state index is 0.174. The van der Waals surface area contributed by atoms with Crippen LogP contribution in [-0.2, 0) is 4.74 Å².